The van der Waals surface area contributed by atoms with Crippen molar-refractivity contribution in [2.45, 2.75) is 6.54 Å². The fraction of sp³-hybridized carbons (Fsp3) is 0.0625. The number of aromatic carboxylic acids is 1. The molecule has 1 aromatic heterocycles. The van der Waals surface area contributed by atoms with E-state index in [4.69, 9.17) is 10.8 Å². The van der Waals surface area contributed by atoms with Crippen molar-refractivity contribution in [1.82, 2.24) is 14.8 Å². The molecule has 0 spiro atoms. The first kappa shape index (κ1) is 15.5. The monoisotopic (exact) mass is 325 g/mol. The summed E-state index contributed by atoms with van der Waals surface area (Å²) >= 11 is 0. The van der Waals surface area contributed by atoms with Gasteiger partial charge in [-0.3, -0.25) is 4.98 Å². The van der Waals surface area contributed by atoms with E-state index in [2.05, 4.69) is 15.4 Å². The Morgan fingerprint density at radius 1 is 1.25 bits per heavy atom. The molecule has 0 atom stereocenters. The fourth-order valence-electron chi connectivity index (χ4n) is 2.20. The zero-order chi connectivity index (χ0) is 17.1. The van der Waals surface area contributed by atoms with Gasteiger partial charge < -0.3 is 16.2 Å². The van der Waals surface area contributed by atoms with Gasteiger partial charge in [0.2, 0.25) is 5.95 Å². The number of rotatable bonds is 5. The average Bonchev–Trinajstić information content (AvgIpc) is 2.95. The fourth-order valence-corrected chi connectivity index (χ4v) is 2.20. The van der Waals surface area contributed by atoms with Crippen molar-refractivity contribution < 1.29 is 9.90 Å². The number of carbonyl (C=O) groups is 1. The van der Waals surface area contributed by atoms with E-state index in [-0.39, 0.29) is 11.5 Å². The number of carboxylic acid groups (broad SMARTS) is 1. The van der Waals surface area contributed by atoms with E-state index >= 15 is 0 Å². The molecule has 0 aliphatic rings. The number of aromatic nitrogens is 3. The minimum Gasteiger partial charge on any atom is -0.478 e. The minimum absolute atomic E-state index is 0.179. The molecule has 0 unspecified atom stereocenters. The normalized spacial score (nSPS) is 10.5. The maximum atomic E-state index is 12.1. The third-order valence-corrected chi connectivity index (χ3v) is 3.40. The van der Waals surface area contributed by atoms with Crippen molar-refractivity contribution in [2.75, 3.05) is 5.32 Å². The van der Waals surface area contributed by atoms with Crippen molar-refractivity contribution in [3.63, 3.8) is 0 Å². The summed E-state index contributed by atoms with van der Waals surface area (Å²) in [5.74, 6) is -0.750. The molecule has 5 N–H and O–H groups in total. The molecule has 0 radical (unpaired) electrons. The van der Waals surface area contributed by atoms with Crippen LogP contribution in [0.2, 0.25) is 0 Å². The highest BCUT2D eigenvalue weighted by atomic mass is 16.4. The van der Waals surface area contributed by atoms with E-state index in [0.717, 1.165) is 5.56 Å². The molecule has 3 rings (SSSR count). The Labute approximate surface area is 136 Å². The second-order valence-electron chi connectivity index (χ2n) is 5.07. The van der Waals surface area contributed by atoms with E-state index in [1.165, 1.54) is 16.8 Å². The lowest BCUT2D eigenvalue weighted by molar-refractivity contribution is 0.0697. The van der Waals surface area contributed by atoms with Gasteiger partial charge in [0.1, 0.15) is 0 Å². The Balaban J connectivity index is 1.86. The molecular weight excluding hydrogens is 310 g/mol. The molecule has 24 heavy (non-hydrogen) atoms. The zero-order valence-electron chi connectivity index (χ0n) is 12.6. The highest BCUT2D eigenvalue weighted by Crippen LogP contribution is 2.14. The first-order valence-electron chi connectivity index (χ1n) is 7.16. The van der Waals surface area contributed by atoms with Crippen molar-refractivity contribution in [1.29, 1.82) is 0 Å². The summed E-state index contributed by atoms with van der Waals surface area (Å²) in [4.78, 5) is 25.5. The number of benzene rings is 2. The van der Waals surface area contributed by atoms with Gasteiger partial charge in [0.15, 0.2) is 0 Å². The molecular formula is C16H15N5O3. The van der Waals surface area contributed by atoms with E-state index < -0.39 is 11.7 Å². The van der Waals surface area contributed by atoms with Gasteiger partial charge in [-0.2, -0.15) is 4.68 Å². The Morgan fingerprint density at radius 3 is 2.67 bits per heavy atom. The first-order valence-corrected chi connectivity index (χ1v) is 7.16. The van der Waals surface area contributed by atoms with Crippen LogP contribution in [0.15, 0.2) is 53.3 Å². The largest absolute Gasteiger partial charge is 0.478 e. The van der Waals surface area contributed by atoms with Crippen LogP contribution in [-0.2, 0) is 6.54 Å². The molecule has 0 fully saturated rings. The minimum atomic E-state index is -1.00. The molecule has 0 aliphatic heterocycles. The molecule has 0 saturated carbocycles. The van der Waals surface area contributed by atoms with Crippen molar-refractivity contribution in [2.24, 2.45) is 5.73 Å². The van der Waals surface area contributed by atoms with Crippen LogP contribution in [0.25, 0.3) is 5.69 Å². The number of nitrogens with zero attached hydrogens (tertiary/aromatic N) is 2. The number of anilines is 2. The predicted molar refractivity (Wildman–Crippen MR) is 88.8 cm³/mol. The Morgan fingerprint density at radius 2 is 2.00 bits per heavy atom. The summed E-state index contributed by atoms with van der Waals surface area (Å²) in [5.41, 5.74) is 7.49. The molecule has 0 amide bonds. The molecule has 0 aliphatic carbocycles. The number of hydrogen-bond acceptors (Lipinski definition) is 5. The van der Waals surface area contributed by atoms with Gasteiger partial charge in [0, 0.05) is 12.2 Å². The quantitative estimate of drug-likeness (QED) is 0.562. The summed E-state index contributed by atoms with van der Waals surface area (Å²) in [6.45, 7) is 0.369. The predicted octanol–water partition coefficient (Wildman–Crippen LogP) is 1.46. The summed E-state index contributed by atoms with van der Waals surface area (Å²) in [6.07, 6.45) is 0. The molecule has 8 heteroatoms. The second kappa shape index (κ2) is 6.39. The Bertz CT molecular complexity index is 927. The highest BCUT2D eigenvalue weighted by Gasteiger charge is 2.08. The van der Waals surface area contributed by atoms with Gasteiger partial charge in [-0.25, -0.2) is 9.59 Å². The number of nitrogens with two attached hydrogens (primary N) is 1. The lowest BCUT2D eigenvalue weighted by Gasteiger charge is -2.03. The SMILES string of the molecule is NCc1cccc(-n2nc(Nc3ccc(C(=O)O)cc3)[nH]c2=O)c1. The van der Waals surface area contributed by atoms with Gasteiger partial charge in [-0.1, -0.05) is 12.1 Å². The van der Waals surface area contributed by atoms with Crippen LogP contribution in [0.3, 0.4) is 0 Å². The number of hydrogen-bond donors (Lipinski definition) is 4. The van der Waals surface area contributed by atoms with Crippen molar-refractivity contribution >= 4 is 17.6 Å². The van der Waals surface area contributed by atoms with Gasteiger partial charge >= 0.3 is 11.7 Å². The number of H-pyrrole nitrogens is 1. The van der Waals surface area contributed by atoms with Gasteiger partial charge in [-0.15, -0.1) is 5.10 Å². The van der Waals surface area contributed by atoms with Gasteiger partial charge in [0.05, 0.1) is 11.3 Å². The van der Waals surface area contributed by atoms with E-state index in [0.29, 0.717) is 17.9 Å². The van der Waals surface area contributed by atoms with Crippen LogP contribution in [0, 0.1) is 0 Å². The topological polar surface area (TPSA) is 126 Å². The number of aromatic amines is 1. The lowest BCUT2D eigenvalue weighted by atomic mass is 10.2. The highest BCUT2D eigenvalue weighted by molar-refractivity contribution is 5.88. The van der Waals surface area contributed by atoms with E-state index in [9.17, 15) is 9.59 Å². The standard InChI is InChI=1S/C16H15N5O3/c17-9-10-2-1-3-13(8-10)21-16(24)19-15(20-21)18-12-6-4-11(5-7-12)14(22)23/h1-8H,9,17H2,(H,22,23)(H2,18,19,20,24). The second-order valence-corrected chi connectivity index (χ2v) is 5.07. The molecule has 2 aromatic carbocycles. The zero-order valence-corrected chi connectivity index (χ0v) is 12.6. The van der Waals surface area contributed by atoms with Crippen LogP contribution in [0.5, 0.6) is 0 Å². The number of nitrogens with one attached hydrogen (secondary N) is 2. The van der Waals surface area contributed by atoms with Crippen LogP contribution in [0.1, 0.15) is 15.9 Å². The molecule has 8 nitrogen and oxygen atoms in total. The van der Waals surface area contributed by atoms with Crippen LogP contribution in [-0.4, -0.2) is 25.8 Å². The third kappa shape index (κ3) is 3.18. The average molecular weight is 325 g/mol. The van der Waals surface area contributed by atoms with Crippen LogP contribution < -0.4 is 16.7 Å². The smallest absolute Gasteiger partial charge is 0.349 e. The molecule has 122 valence electrons. The first-order chi connectivity index (χ1) is 11.6. The summed E-state index contributed by atoms with van der Waals surface area (Å²) < 4.78 is 1.23. The van der Waals surface area contributed by atoms with Gasteiger partial charge in [0.25, 0.3) is 0 Å². The summed E-state index contributed by atoms with van der Waals surface area (Å²) in [5, 5.41) is 16.0. The van der Waals surface area contributed by atoms with Crippen LogP contribution in [0.4, 0.5) is 11.6 Å². The molecule has 0 saturated heterocycles. The van der Waals surface area contributed by atoms with E-state index in [1.807, 2.05) is 6.07 Å². The molecule has 0 bridgehead atoms. The summed E-state index contributed by atoms with van der Waals surface area (Å²) in [7, 11) is 0. The lowest BCUT2D eigenvalue weighted by Crippen LogP contribution is -2.16. The maximum absolute atomic E-state index is 12.1. The van der Waals surface area contributed by atoms with Crippen molar-refractivity contribution in [3.8, 4) is 5.69 Å². The Kier molecular flexibility index (Phi) is 4.13. The third-order valence-electron chi connectivity index (χ3n) is 3.40. The van der Waals surface area contributed by atoms with E-state index in [1.54, 1.807) is 30.3 Å². The number of carboxylic acids is 1. The van der Waals surface area contributed by atoms with Gasteiger partial charge in [-0.05, 0) is 42.0 Å². The van der Waals surface area contributed by atoms with Crippen LogP contribution >= 0.6 is 0 Å². The Hall–Kier alpha value is -3.39. The summed E-state index contributed by atoms with van der Waals surface area (Å²) in [6, 6.07) is 13.3. The molecule has 3 aromatic rings. The maximum Gasteiger partial charge on any atom is 0.349 e. The molecule has 1 heterocycles. The van der Waals surface area contributed by atoms with Crippen molar-refractivity contribution in [3.05, 3.63) is 70.1 Å².